The van der Waals surface area contributed by atoms with E-state index in [2.05, 4.69) is 20.2 Å². The Balaban J connectivity index is 1.27. The fourth-order valence-electron chi connectivity index (χ4n) is 3.79. The number of H-pyrrole nitrogens is 1. The number of imidazole rings is 1. The molecule has 2 saturated heterocycles. The molecule has 0 unspecified atom stereocenters. The van der Waals surface area contributed by atoms with E-state index in [1.54, 1.807) is 12.5 Å². The molecule has 1 aliphatic carbocycles. The van der Waals surface area contributed by atoms with Crippen LogP contribution in [0, 0.1) is 5.92 Å². The second kappa shape index (κ2) is 6.22. The average Bonchev–Trinajstić information content (AvgIpc) is 3.12. The van der Waals surface area contributed by atoms with E-state index < -0.39 is 6.04 Å². The van der Waals surface area contributed by atoms with Crippen LogP contribution >= 0.6 is 0 Å². The third kappa shape index (κ3) is 3.41. The lowest BCUT2D eigenvalue weighted by atomic mass is 10.1. The van der Waals surface area contributed by atoms with Crippen molar-refractivity contribution in [1.29, 1.82) is 0 Å². The van der Waals surface area contributed by atoms with Gasteiger partial charge < -0.3 is 20.8 Å². The first-order valence-corrected chi connectivity index (χ1v) is 8.58. The van der Waals surface area contributed by atoms with Crippen LogP contribution in [0.4, 0.5) is 0 Å². The molecule has 0 radical (unpaired) electrons. The molecule has 4 atom stereocenters. The minimum atomic E-state index is -0.538. The summed E-state index contributed by atoms with van der Waals surface area (Å²) in [5.41, 5.74) is 6.89. The summed E-state index contributed by atoms with van der Waals surface area (Å²) in [7, 11) is 0. The molecule has 3 fully saturated rings. The first-order chi connectivity index (χ1) is 11.2. The number of fused-ring (bicyclic) bond motifs is 1. The largest absolute Gasteiger partial charge is 0.375 e. The second-order valence-electron chi connectivity index (χ2n) is 7.15. The van der Waals surface area contributed by atoms with Crippen molar-refractivity contribution in [2.45, 2.75) is 49.9 Å². The van der Waals surface area contributed by atoms with Gasteiger partial charge in [-0.3, -0.25) is 9.69 Å². The Hall–Kier alpha value is -1.44. The number of rotatable bonds is 5. The first kappa shape index (κ1) is 15.1. The van der Waals surface area contributed by atoms with Crippen molar-refractivity contribution in [3.8, 4) is 0 Å². The molecule has 23 heavy (non-hydrogen) atoms. The van der Waals surface area contributed by atoms with E-state index in [1.165, 1.54) is 12.8 Å². The number of ether oxygens (including phenoxy) is 1. The summed E-state index contributed by atoms with van der Waals surface area (Å²) >= 11 is 0. The number of carbonyl (C=O) groups excluding carboxylic acids is 1. The van der Waals surface area contributed by atoms with Gasteiger partial charge in [-0.25, -0.2) is 4.98 Å². The van der Waals surface area contributed by atoms with E-state index in [4.69, 9.17) is 10.5 Å². The van der Waals surface area contributed by atoms with E-state index in [1.807, 2.05) is 0 Å². The van der Waals surface area contributed by atoms with Crippen molar-refractivity contribution in [2.24, 2.45) is 11.7 Å². The highest BCUT2D eigenvalue weighted by Crippen LogP contribution is 2.37. The van der Waals surface area contributed by atoms with Crippen molar-refractivity contribution >= 4 is 5.91 Å². The number of hydrogen-bond acceptors (Lipinski definition) is 5. The summed E-state index contributed by atoms with van der Waals surface area (Å²) in [4.78, 5) is 21.7. The van der Waals surface area contributed by atoms with E-state index in [-0.39, 0.29) is 11.9 Å². The van der Waals surface area contributed by atoms with Crippen molar-refractivity contribution in [3.63, 3.8) is 0 Å². The van der Waals surface area contributed by atoms with Gasteiger partial charge in [-0.15, -0.1) is 0 Å². The predicted molar refractivity (Wildman–Crippen MR) is 84.6 cm³/mol. The minimum Gasteiger partial charge on any atom is -0.375 e. The molecule has 4 N–H and O–H groups in total. The summed E-state index contributed by atoms with van der Waals surface area (Å²) in [6.07, 6.45) is 7.78. The second-order valence-corrected chi connectivity index (χ2v) is 7.15. The molecule has 7 heteroatoms. The van der Waals surface area contributed by atoms with Crippen LogP contribution in [0.25, 0.3) is 0 Å². The molecule has 7 nitrogen and oxygen atoms in total. The molecule has 2 aliphatic heterocycles. The molecule has 1 saturated carbocycles. The zero-order valence-corrected chi connectivity index (χ0v) is 13.3. The van der Waals surface area contributed by atoms with Crippen molar-refractivity contribution in [2.75, 3.05) is 19.7 Å². The number of carbonyl (C=O) groups is 1. The van der Waals surface area contributed by atoms with Crippen LogP contribution in [0.2, 0.25) is 0 Å². The average molecular weight is 319 g/mol. The molecule has 4 rings (SSSR count). The number of morpholine rings is 1. The summed E-state index contributed by atoms with van der Waals surface area (Å²) < 4.78 is 6.00. The topological polar surface area (TPSA) is 96.3 Å². The highest BCUT2D eigenvalue weighted by Gasteiger charge is 2.42. The zero-order valence-electron chi connectivity index (χ0n) is 13.3. The van der Waals surface area contributed by atoms with Crippen LogP contribution in [-0.4, -0.2) is 64.7 Å². The number of hydrogen-bond donors (Lipinski definition) is 3. The van der Waals surface area contributed by atoms with Crippen LogP contribution in [-0.2, 0) is 16.0 Å². The summed E-state index contributed by atoms with van der Waals surface area (Å²) in [6.45, 7) is 2.73. The fourth-order valence-corrected chi connectivity index (χ4v) is 3.79. The van der Waals surface area contributed by atoms with Crippen LogP contribution < -0.4 is 11.1 Å². The lowest BCUT2D eigenvalue weighted by Gasteiger charge is -2.35. The van der Waals surface area contributed by atoms with Gasteiger partial charge in [-0.2, -0.15) is 0 Å². The number of aromatic amines is 1. The van der Waals surface area contributed by atoms with Gasteiger partial charge >= 0.3 is 0 Å². The molecule has 1 amide bonds. The van der Waals surface area contributed by atoms with Gasteiger partial charge in [-0.1, -0.05) is 0 Å². The van der Waals surface area contributed by atoms with Crippen molar-refractivity contribution < 1.29 is 9.53 Å². The molecule has 1 aromatic rings. The highest BCUT2D eigenvalue weighted by molar-refractivity contribution is 5.82. The SMILES string of the molecule is N[C@@H](Cc1cnc[nH]1)C(=O)N[C@@H]1C[C@H]2CO[C@@H](C3CC3)CN2C1. The van der Waals surface area contributed by atoms with Gasteiger partial charge in [0.25, 0.3) is 0 Å². The monoisotopic (exact) mass is 319 g/mol. The normalized spacial score (nSPS) is 32.5. The predicted octanol–water partition coefficient (Wildman–Crippen LogP) is -0.353. The number of nitrogens with zero attached hydrogens (tertiary/aromatic N) is 2. The van der Waals surface area contributed by atoms with Crippen LogP contribution in [0.15, 0.2) is 12.5 Å². The molecule has 3 aliphatic rings. The number of nitrogens with two attached hydrogens (primary N) is 1. The molecule has 126 valence electrons. The molecule has 0 aromatic carbocycles. The Bertz CT molecular complexity index is 545. The zero-order chi connectivity index (χ0) is 15.8. The molecular weight excluding hydrogens is 294 g/mol. The Labute approximate surface area is 136 Å². The van der Waals surface area contributed by atoms with E-state index in [0.29, 0.717) is 18.6 Å². The molecular formula is C16H25N5O2. The maximum atomic E-state index is 12.3. The van der Waals surface area contributed by atoms with Crippen LogP contribution in [0.1, 0.15) is 25.0 Å². The van der Waals surface area contributed by atoms with Gasteiger partial charge in [0.05, 0.1) is 25.1 Å². The van der Waals surface area contributed by atoms with Gasteiger partial charge in [0.1, 0.15) is 0 Å². The summed E-state index contributed by atoms with van der Waals surface area (Å²) in [6, 6.07) is 0.0875. The lowest BCUT2D eigenvalue weighted by molar-refractivity contribution is -0.123. The van der Waals surface area contributed by atoms with Gasteiger partial charge in [-0.05, 0) is 25.2 Å². The molecule has 0 bridgehead atoms. The van der Waals surface area contributed by atoms with Gasteiger partial charge in [0, 0.05) is 43.5 Å². The standard InChI is InChI=1S/C16H25N5O2/c17-14(4-11-5-18-9-19-11)16(22)20-12-3-13-8-23-15(10-1-2-10)7-21(13)6-12/h5,9-10,12-15H,1-4,6-8,17H2,(H,18,19)(H,20,22)/t12-,13+,14+,15-/m1/s1. The summed E-state index contributed by atoms with van der Waals surface area (Å²) in [5, 5.41) is 3.11. The van der Waals surface area contributed by atoms with E-state index in [0.717, 1.165) is 37.7 Å². The number of nitrogens with one attached hydrogen (secondary N) is 2. The van der Waals surface area contributed by atoms with Crippen LogP contribution in [0.3, 0.4) is 0 Å². The Kier molecular flexibility index (Phi) is 4.09. The van der Waals surface area contributed by atoms with E-state index in [9.17, 15) is 4.79 Å². The Morgan fingerprint density at radius 1 is 1.52 bits per heavy atom. The van der Waals surface area contributed by atoms with Gasteiger partial charge in [0.15, 0.2) is 0 Å². The fraction of sp³-hybridized carbons (Fsp3) is 0.750. The highest BCUT2D eigenvalue weighted by atomic mass is 16.5. The number of aromatic nitrogens is 2. The maximum absolute atomic E-state index is 12.3. The van der Waals surface area contributed by atoms with Gasteiger partial charge in [0.2, 0.25) is 5.91 Å². The number of amides is 1. The molecule has 1 aromatic heterocycles. The molecule has 0 spiro atoms. The minimum absolute atomic E-state index is 0.0795. The molecule has 3 heterocycles. The maximum Gasteiger partial charge on any atom is 0.237 e. The quantitative estimate of drug-likeness (QED) is 0.689. The first-order valence-electron chi connectivity index (χ1n) is 8.58. The van der Waals surface area contributed by atoms with E-state index >= 15 is 0 Å². The van der Waals surface area contributed by atoms with Crippen molar-refractivity contribution in [3.05, 3.63) is 18.2 Å². The van der Waals surface area contributed by atoms with Crippen LogP contribution in [0.5, 0.6) is 0 Å². The Morgan fingerprint density at radius 2 is 2.39 bits per heavy atom. The lowest BCUT2D eigenvalue weighted by Crippen LogP contribution is -2.48. The summed E-state index contributed by atoms with van der Waals surface area (Å²) in [5.74, 6) is 0.691. The third-order valence-electron chi connectivity index (χ3n) is 5.27. The van der Waals surface area contributed by atoms with Crippen molar-refractivity contribution in [1.82, 2.24) is 20.2 Å². The smallest absolute Gasteiger partial charge is 0.237 e. The Morgan fingerprint density at radius 3 is 3.13 bits per heavy atom. The third-order valence-corrected chi connectivity index (χ3v) is 5.27.